The van der Waals surface area contributed by atoms with Gasteiger partial charge in [0.2, 0.25) is 0 Å². The van der Waals surface area contributed by atoms with E-state index in [-0.39, 0.29) is 12.0 Å². The van der Waals surface area contributed by atoms with Crippen LogP contribution in [-0.4, -0.2) is 22.2 Å². The molecule has 0 aliphatic heterocycles. The number of carboxylic acid groups (broad SMARTS) is 2. The molecule has 1 aromatic carbocycles. The van der Waals surface area contributed by atoms with E-state index in [1.54, 1.807) is 31.2 Å². The third kappa shape index (κ3) is 2.77. The van der Waals surface area contributed by atoms with Crippen LogP contribution < -0.4 is 0 Å². The fourth-order valence-corrected chi connectivity index (χ4v) is 4.14. The third-order valence-corrected chi connectivity index (χ3v) is 5.23. The van der Waals surface area contributed by atoms with Crippen molar-refractivity contribution in [2.24, 2.45) is 0 Å². The maximum absolute atomic E-state index is 12.0. The molecule has 4 nitrogen and oxygen atoms in total. The lowest BCUT2D eigenvalue weighted by molar-refractivity contribution is -0.142. The fourth-order valence-electron chi connectivity index (χ4n) is 2.65. The van der Waals surface area contributed by atoms with E-state index in [1.165, 1.54) is 0 Å². The molecule has 0 amide bonds. The van der Waals surface area contributed by atoms with Crippen LogP contribution in [0.1, 0.15) is 24.5 Å². The second-order valence-corrected chi connectivity index (χ2v) is 6.57. The SMILES string of the molecule is CC1=C(C(=O)O)CC(C(=O)O)(c2cccc(Br)c2CBr)C=C1. The van der Waals surface area contributed by atoms with Crippen molar-refractivity contribution in [1.82, 2.24) is 0 Å². The molecular weight excluding hydrogens is 416 g/mol. The van der Waals surface area contributed by atoms with Crippen LogP contribution in [0.5, 0.6) is 0 Å². The summed E-state index contributed by atoms with van der Waals surface area (Å²) in [7, 11) is 0. The van der Waals surface area contributed by atoms with Crippen molar-refractivity contribution >= 4 is 43.8 Å². The first-order valence-electron chi connectivity index (χ1n) is 6.53. The van der Waals surface area contributed by atoms with Gasteiger partial charge in [-0.1, -0.05) is 56.1 Å². The van der Waals surface area contributed by atoms with E-state index < -0.39 is 17.4 Å². The van der Waals surface area contributed by atoms with Gasteiger partial charge in [-0.05, 0) is 29.7 Å². The van der Waals surface area contributed by atoms with Crippen LogP contribution in [0.4, 0.5) is 0 Å². The Morgan fingerprint density at radius 1 is 1.32 bits per heavy atom. The average molecular weight is 430 g/mol. The smallest absolute Gasteiger partial charge is 0.331 e. The molecule has 6 heteroatoms. The van der Waals surface area contributed by atoms with Gasteiger partial charge in [-0.2, -0.15) is 0 Å². The van der Waals surface area contributed by atoms with Crippen molar-refractivity contribution in [3.8, 4) is 0 Å². The molecule has 1 aliphatic carbocycles. The predicted octanol–water partition coefficient (Wildman–Crippen LogP) is 4.03. The standard InChI is InChI=1S/C16H14Br2O4/c1-9-5-6-16(15(21)22,7-10(9)14(19)20)12-3-2-4-13(18)11(12)8-17/h2-6H,7-8H2,1H3,(H,19,20)(H,21,22). The summed E-state index contributed by atoms with van der Waals surface area (Å²) in [4.78, 5) is 23.5. The van der Waals surface area contributed by atoms with E-state index >= 15 is 0 Å². The molecule has 1 aliphatic rings. The summed E-state index contributed by atoms with van der Waals surface area (Å²) in [5, 5.41) is 19.7. The second kappa shape index (κ2) is 6.38. The van der Waals surface area contributed by atoms with Gasteiger partial charge in [0.1, 0.15) is 5.41 Å². The molecule has 0 radical (unpaired) electrons. The molecule has 1 atom stereocenters. The molecule has 0 aromatic heterocycles. The van der Waals surface area contributed by atoms with E-state index in [1.807, 2.05) is 6.07 Å². The predicted molar refractivity (Wildman–Crippen MR) is 90.2 cm³/mol. The van der Waals surface area contributed by atoms with E-state index in [4.69, 9.17) is 0 Å². The molecule has 0 spiro atoms. The zero-order valence-electron chi connectivity index (χ0n) is 11.8. The molecule has 1 aromatic rings. The lowest BCUT2D eigenvalue weighted by atomic mass is 9.70. The van der Waals surface area contributed by atoms with Gasteiger partial charge in [0.15, 0.2) is 0 Å². The summed E-state index contributed by atoms with van der Waals surface area (Å²) in [5.74, 6) is -2.14. The van der Waals surface area contributed by atoms with E-state index in [2.05, 4.69) is 31.9 Å². The molecule has 2 rings (SSSR count). The van der Waals surface area contributed by atoms with Crippen molar-refractivity contribution < 1.29 is 19.8 Å². The van der Waals surface area contributed by atoms with Gasteiger partial charge in [-0.25, -0.2) is 4.79 Å². The molecule has 0 fully saturated rings. The first kappa shape index (κ1) is 17.0. The van der Waals surface area contributed by atoms with Gasteiger partial charge in [0, 0.05) is 21.8 Å². The van der Waals surface area contributed by atoms with Gasteiger partial charge in [-0.15, -0.1) is 0 Å². The van der Waals surface area contributed by atoms with Gasteiger partial charge in [0.05, 0.1) is 0 Å². The summed E-state index contributed by atoms with van der Waals surface area (Å²) in [6, 6.07) is 5.33. The number of rotatable bonds is 4. The van der Waals surface area contributed by atoms with Crippen LogP contribution in [0, 0.1) is 0 Å². The van der Waals surface area contributed by atoms with Gasteiger partial charge >= 0.3 is 11.9 Å². The number of hydrogen-bond acceptors (Lipinski definition) is 2. The van der Waals surface area contributed by atoms with Crippen molar-refractivity contribution in [2.45, 2.75) is 24.1 Å². The maximum atomic E-state index is 12.0. The highest BCUT2D eigenvalue weighted by atomic mass is 79.9. The minimum absolute atomic E-state index is 0.0730. The quantitative estimate of drug-likeness (QED) is 0.708. The van der Waals surface area contributed by atoms with Crippen molar-refractivity contribution in [2.75, 3.05) is 0 Å². The van der Waals surface area contributed by atoms with E-state index in [0.717, 1.165) is 10.0 Å². The number of hydrogen-bond donors (Lipinski definition) is 2. The Morgan fingerprint density at radius 2 is 2.00 bits per heavy atom. The molecule has 0 saturated carbocycles. The number of carboxylic acids is 2. The van der Waals surface area contributed by atoms with Gasteiger partial charge in [-0.3, -0.25) is 4.79 Å². The summed E-state index contributed by atoms with van der Waals surface area (Å²) in [6.07, 6.45) is 3.10. The molecule has 0 saturated heterocycles. The summed E-state index contributed by atoms with van der Waals surface area (Å²) in [5.41, 5.74) is 0.734. The minimum Gasteiger partial charge on any atom is -0.480 e. The van der Waals surface area contributed by atoms with Gasteiger partial charge < -0.3 is 10.2 Å². The number of alkyl halides is 1. The number of carbonyl (C=O) groups is 2. The summed E-state index contributed by atoms with van der Waals surface area (Å²) < 4.78 is 0.791. The van der Waals surface area contributed by atoms with Crippen LogP contribution in [0.25, 0.3) is 0 Å². The zero-order valence-corrected chi connectivity index (χ0v) is 14.9. The first-order chi connectivity index (χ1) is 10.3. The lowest BCUT2D eigenvalue weighted by Crippen LogP contribution is -2.38. The highest BCUT2D eigenvalue weighted by Gasteiger charge is 2.43. The Labute approximate surface area is 144 Å². The molecule has 22 heavy (non-hydrogen) atoms. The molecule has 0 bridgehead atoms. The molecule has 1 unspecified atom stereocenters. The maximum Gasteiger partial charge on any atom is 0.331 e. The van der Waals surface area contributed by atoms with Crippen LogP contribution in [0.15, 0.2) is 46.0 Å². The van der Waals surface area contributed by atoms with E-state index in [0.29, 0.717) is 16.5 Å². The Morgan fingerprint density at radius 3 is 2.55 bits per heavy atom. The fraction of sp³-hybridized carbons (Fsp3) is 0.250. The van der Waals surface area contributed by atoms with Crippen molar-refractivity contribution in [1.29, 1.82) is 0 Å². The van der Waals surface area contributed by atoms with Crippen molar-refractivity contribution in [3.05, 3.63) is 57.1 Å². The Kier molecular flexibility index (Phi) is 4.92. The van der Waals surface area contributed by atoms with Crippen molar-refractivity contribution in [3.63, 3.8) is 0 Å². The molecule has 2 N–H and O–H groups in total. The third-order valence-electron chi connectivity index (χ3n) is 3.92. The minimum atomic E-state index is -1.37. The average Bonchev–Trinajstić information content (AvgIpc) is 2.47. The van der Waals surface area contributed by atoms with Crippen LogP contribution in [0.3, 0.4) is 0 Å². The number of halogens is 2. The van der Waals surface area contributed by atoms with Gasteiger partial charge in [0.25, 0.3) is 0 Å². The zero-order chi connectivity index (χ0) is 16.5. The summed E-state index contributed by atoms with van der Waals surface area (Å²) >= 11 is 6.81. The van der Waals surface area contributed by atoms with Crippen LogP contribution in [-0.2, 0) is 20.3 Å². The molecule has 0 heterocycles. The van der Waals surface area contributed by atoms with Crippen LogP contribution in [0.2, 0.25) is 0 Å². The molecule has 116 valence electrons. The second-order valence-electron chi connectivity index (χ2n) is 5.15. The Hall–Kier alpha value is -1.40. The number of benzene rings is 1. The van der Waals surface area contributed by atoms with E-state index in [9.17, 15) is 19.8 Å². The lowest BCUT2D eigenvalue weighted by Gasteiger charge is -2.32. The largest absolute Gasteiger partial charge is 0.480 e. The topological polar surface area (TPSA) is 74.6 Å². The highest BCUT2D eigenvalue weighted by Crippen LogP contribution is 2.41. The monoisotopic (exact) mass is 428 g/mol. The Bertz CT molecular complexity index is 706. The normalized spacial score (nSPS) is 21.0. The summed E-state index contributed by atoms with van der Waals surface area (Å²) in [6.45, 7) is 1.68. The Balaban J connectivity index is 2.68. The molecular formula is C16H14Br2O4. The number of allylic oxidation sites excluding steroid dienone is 2. The highest BCUT2D eigenvalue weighted by molar-refractivity contribution is 9.10. The first-order valence-corrected chi connectivity index (χ1v) is 8.44. The van der Waals surface area contributed by atoms with Crippen LogP contribution >= 0.6 is 31.9 Å². The number of aliphatic carboxylic acids is 2.